The topological polar surface area (TPSA) is 12.0 Å². The molecule has 1 nitrogen and oxygen atoms in total. The lowest BCUT2D eigenvalue weighted by atomic mass is 9.96. The molecule has 112 valence electrons. The molecule has 0 amide bonds. The molecule has 1 unspecified atom stereocenters. The van der Waals surface area contributed by atoms with Gasteiger partial charge in [0.25, 0.3) is 0 Å². The maximum Gasteiger partial charge on any atom is 0.0360 e. The second kappa shape index (κ2) is 7.99. The van der Waals surface area contributed by atoms with E-state index in [1.807, 2.05) is 0 Å². The highest BCUT2D eigenvalue weighted by Crippen LogP contribution is 2.20. The third kappa shape index (κ3) is 4.71. The molecule has 0 bridgehead atoms. The first-order chi connectivity index (χ1) is 10.2. The molecule has 0 spiro atoms. The molecule has 0 radical (unpaired) electrons. The van der Waals surface area contributed by atoms with Crippen LogP contribution >= 0.6 is 0 Å². The second-order valence-corrected chi connectivity index (χ2v) is 5.79. The Morgan fingerprint density at radius 3 is 2.05 bits per heavy atom. The summed E-state index contributed by atoms with van der Waals surface area (Å²) in [5, 5.41) is 3.61. The molecule has 1 N–H and O–H groups in total. The van der Waals surface area contributed by atoms with Crippen LogP contribution in [0.1, 0.15) is 48.6 Å². The fourth-order valence-corrected chi connectivity index (χ4v) is 2.72. The van der Waals surface area contributed by atoms with Gasteiger partial charge in [0.2, 0.25) is 0 Å². The van der Waals surface area contributed by atoms with Crippen molar-refractivity contribution < 1.29 is 0 Å². The second-order valence-electron chi connectivity index (χ2n) is 5.79. The van der Waals surface area contributed by atoms with Crippen LogP contribution < -0.4 is 5.32 Å². The average molecular weight is 281 g/mol. The molecule has 1 atom stereocenters. The Morgan fingerprint density at radius 1 is 0.857 bits per heavy atom. The largest absolute Gasteiger partial charge is 0.310 e. The lowest BCUT2D eigenvalue weighted by Crippen LogP contribution is -2.23. The van der Waals surface area contributed by atoms with Crippen LogP contribution in [0, 0.1) is 6.92 Å². The van der Waals surface area contributed by atoms with Gasteiger partial charge in [0.05, 0.1) is 0 Å². The van der Waals surface area contributed by atoms with Crippen LogP contribution in [0.15, 0.2) is 48.5 Å². The first kappa shape index (κ1) is 15.8. The van der Waals surface area contributed by atoms with Crippen molar-refractivity contribution in [2.24, 2.45) is 0 Å². The smallest absolute Gasteiger partial charge is 0.0360 e. The third-order valence-corrected chi connectivity index (χ3v) is 3.93. The molecule has 2 aromatic rings. The zero-order valence-electron chi connectivity index (χ0n) is 13.5. The number of likely N-dealkylation sites (N-methyl/N-ethyl adjacent to an activating group) is 1. The predicted octanol–water partition coefficient (Wildman–Crippen LogP) is 4.84. The van der Waals surface area contributed by atoms with E-state index < -0.39 is 0 Å². The third-order valence-electron chi connectivity index (χ3n) is 3.93. The molecule has 1 heteroatoms. The summed E-state index contributed by atoms with van der Waals surface area (Å²) in [4.78, 5) is 0. The number of nitrogens with one attached hydrogen (secondary N) is 1. The molecule has 0 fully saturated rings. The minimum absolute atomic E-state index is 0.397. The molecular formula is C20H27N. The number of rotatable bonds is 7. The fraction of sp³-hybridized carbons (Fsp3) is 0.400. The van der Waals surface area contributed by atoms with Gasteiger partial charge < -0.3 is 5.32 Å². The molecular weight excluding hydrogens is 254 g/mol. The van der Waals surface area contributed by atoms with Crippen molar-refractivity contribution in [3.05, 3.63) is 70.8 Å². The molecule has 21 heavy (non-hydrogen) atoms. The average Bonchev–Trinajstić information content (AvgIpc) is 2.50. The van der Waals surface area contributed by atoms with Crippen molar-refractivity contribution in [2.75, 3.05) is 6.54 Å². The first-order valence-corrected chi connectivity index (χ1v) is 8.10. The van der Waals surface area contributed by atoms with Crippen molar-refractivity contribution in [3.63, 3.8) is 0 Å². The molecule has 0 saturated carbocycles. The highest BCUT2D eigenvalue weighted by atomic mass is 14.9. The van der Waals surface area contributed by atoms with Crippen molar-refractivity contribution >= 4 is 0 Å². The van der Waals surface area contributed by atoms with Crippen LogP contribution in [0.4, 0.5) is 0 Å². The Balaban J connectivity index is 2.12. The van der Waals surface area contributed by atoms with Gasteiger partial charge in [-0.15, -0.1) is 0 Å². The summed E-state index contributed by atoms with van der Waals surface area (Å²) in [5.74, 6) is 0. The van der Waals surface area contributed by atoms with Gasteiger partial charge in [-0.1, -0.05) is 74.4 Å². The highest BCUT2D eigenvalue weighted by Gasteiger charge is 2.11. The molecule has 2 rings (SSSR count). The van der Waals surface area contributed by atoms with Gasteiger partial charge in [0.15, 0.2) is 0 Å². The van der Waals surface area contributed by atoms with E-state index in [0.29, 0.717) is 6.04 Å². The summed E-state index contributed by atoms with van der Waals surface area (Å²) < 4.78 is 0. The van der Waals surface area contributed by atoms with Crippen molar-refractivity contribution in [1.29, 1.82) is 0 Å². The van der Waals surface area contributed by atoms with Gasteiger partial charge in [0.1, 0.15) is 0 Å². The lowest BCUT2D eigenvalue weighted by Gasteiger charge is -2.19. The normalized spacial score (nSPS) is 12.3. The van der Waals surface area contributed by atoms with E-state index >= 15 is 0 Å². The molecule has 0 saturated heterocycles. The van der Waals surface area contributed by atoms with Gasteiger partial charge in [-0.3, -0.25) is 0 Å². The number of benzene rings is 2. The van der Waals surface area contributed by atoms with Crippen molar-refractivity contribution in [2.45, 2.75) is 46.1 Å². The van der Waals surface area contributed by atoms with Gasteiger partial charge in [-0.2, -0.15) is 0 Å². The Hall–Kier alpha value is -1.60. The van der Waals surface area contributed by atoms with Gasteiger partial charge in [-0.25, -0.2) is 0 Å². The van der Waals surface area contributed by atoms with Crippen LogP contribution in [0.2, 0.25) is 0 Å². The Kier molecular flexibility index (Phi) is 6.01. The zero-order chi connectivity index (χ0) is 15.1. The van der Waals surface area contributed by atoms with E-state index in [2.05, 4.69) is 74.6 Å². The summed E-state index contributed by atoms with van der Waals surface area (Å²) in [7, 11) is 0. The van der Waals surface area contributed by atoms with E-state index in [-0.39, 0.29) is 0 Å². The van der Waals surface area contributed by atoms with E-state index in [9.17, 15) is 0 Å². The fourth-order valence-electron chi connectivity index (χ4n) is 2.72. The predicted molar refractivity (Wildman–Crippen MR) is 91.7 cm³/mol. The molecule has 0 aliphatic carbocycles. The van der Waals surface area contributed by atoms with E-state index in [0.717, 1.165) is 13.0 Å². The Morgan fingerprint density at radius 2 is 1.48 bits per heavy atom. The molecule has 0 aromatic heterocycles. The SMILES string of the molecule is CCCc1ccc(C(Cc2ccc(C)cc2)NCC)cc1. The minimum atomic E-state index is 0.397. The minimum Gasteiger partial charge on any atom is -0.310 e. The van der Waals surface area contributed by atoms with E-state index in [1.165, 1.54) is 35.1 Å². The molecule has 2 aromatic carbocycles. The van der Waals surface area contributed by atoms with E-state index in [1.54, 1.807) is 0 Å². The van der Waals surface area contributed by atoms with Gasteiger partial charge in [0, 0.05) is 6.04 Å². The van der Waals surface area contributed by atoms with Gasteiger partial charge >= 0.3 is 0 Å². The summed E-state index contributed by atoms with van der Waals surface area (Å²) >= 11 is 0. The molecule has 0 aliphatic heterocycles. The highest BCUT2D eigenvalue weighted by molar-refractivity contribution is 5.28. The van der Waals surface area contributed by atoms with Crippen molar-refractivity contribution in [1.82, 2.24) is 5.32 Å². The Labute approximate surface area is 129 Å². The number of hydrogen-bond acceptors (Lipinski definition) is 1. The summed E-state index contributed by atoms with van der Waals surface area (Å²) in [6, 6.07) is 18.4. The van der Waals surface area contributed by atoms with Gasteiger partial charge in [-0.05, 0) is 43.0 Å². The summed E-state index contributed by atoms with van der Waals surface area (Å²) in [6.07, 6.45) is 3.42. The van der Waals surface area contributed by atoms with Crippen LogP contribution in [0.25, 0.3) is 0 Å². The van der Waals surface area contributed by atoms with Crippen LogP contribution in [0.3, 0.4) is 0 Å². The lowest BCUT2D eigenvalue weighted by molar-refractivity contribution is 0.549. The maximum absolute atomic E-state index is 3.61. The van der Waals surface area contributed by atoms with Crippen LogP contribution in [-0.2, 0) is 12.8 Å². The monoisotopic (exact) mass is 281 g/mol. The first-order valence-electron chi connectivity index (χ1n) is 8.10. The Bertz CT molecular complexity index is 525. The summed E-state index contributed by atoms with van der Waals surface area (Å²) in [5.41, 5.74) is 5.54. The summed E-state index contributed by atoms with van der Waals surface area (Å²) in [6.45, 7) is 7.53. The maximum atomic E-state index is 3.61. The van der Waals surface area contributed by atoms with Crippen LogP contribution in [0.5, 0.6) is 0 Å². The molecule has 0 heterocycles. The zero-order valence-corrected chi connectivity index (χ0v) is 13.5. The molecule has 0 aliphatic rings. The number of hydrogen-bond donors (Lipinski definition) is 1. The number of aryl methyl sites for hydroxylation is 2. The standard InChI is InChI=1S/C20H27N/c1-4-6-17-11-13-19(14-12-17)20(21-5-2)15-18-9-7-16(3)8-10-18/h7-14,20-21H,4-6,15H2,1-3H3. The van der Waals surface area contributed by atoms with Crippen LogP contribution in [-0.4, -0.2) is 6.54 Å². The quantitative estimate of drug-likeness (QED) is 0.765. The van der Waals surface area contributed by atoms with Crippen molar-refractivity contribution in [3.8, 4) is 0 Å². The van der Waals surface area contributed by atoms with E-state index in [4.69, 9.17) is 0 Å².